The van der Waals surface area contributed by atoms with Gasteiger partial charge in [-0.05, 0) is 49.7 Å². The van der Waals surface area contributed by atoms with Gasteiger partial charge >= 0.3 is 6.01 Å². The first kappa shape index (κ1) is 15.9. The predicted molar refractivity (Wildman–Crippen MR) is 90.5 cm³/mol. The smallest absolute Gasteiger partial charge is 0.321 e. The molecule has 0 aliphatic carbocycles. The van der Waals surface area contributed by atoms with Gasteiger partial charge in [0.05, 0.1) is 0 Å². The minimum Gasteiger partial charge on any atom is -0.424 e. The molecule has 0 saturated carbocycles. The van der Waals surface area contributed by atoms with Crippen LogP contribution in [0.2, 0.25) is 0 Å². The third-order valence-electron chi connectivity index (χ3n) is 4.26. The largest absolute Gasteiger partial charge is 0.424 e. The quantitative estimate of drug-likeness (QED) is 0.852. The van der Waals surface area contributed by atoms with Crippen molar-refractivity contribution in [2.75, 3.05) is 19.6 Å². The molecule has 2 heterocycles. The van der Waals surface area contributed by atoms with Crippen LogP contribution in [0.15, 0.2) is 42.7 Å². The number of rotatable bonds is 7. The Kier molecular flexibility index (Phi) is 5.56. The zero-order valence-electron chi connectivity index (χ0n) is 13.6. The molecule has 1 fully saturated rings. The highest BCUT2D eigenvalue weighted by Gasteiger charge is 2.21. The average Bonchev–Trinajstić information content (AvgIpc) is 3.04. The molecule has 0 unspecified atom stereocenters. The van der Waals surface area contributed by atoms with Crippen LogP contribution in [0.25, 0.3) is 0 Å². The standard InChI is InChI=1S/C18H24N4O/c1-2-22-11-4-7-16(22)14-19-13-15-6-3-8-17(12-15)23-18-20-9-5-10-21-18/h3,5-6,8-10,12,16,19H,2,4,7,11,13-14H2,1H3/t16-/m0/s1. The molecule has 0 spiro atoms. The normalized spacial score (nSPS) is 18.2. The summed E-state index contributed by atoms with van der Waals surface area (Å²) in [5.41, 5.74) is 1.21. The van der Waals surface area contributed by atoms with E-state index in [0.29, 0.717) is 12.1 Å². The van der Waals surface area contributed by atoms with Crippen molar-refractivity contribution in [2.24, 2.45) is 0 Å². The lowest BCUT2D eigenvalue weighted by Crippen LogP contribution is -2.37. The van der Waals surface area contributed by atoms with Gasteiger partial charge in [0, 0.05) is 31.5 Å². The van der Waals surface area contributed by atoms with Gasteiger partial charge in [0.15, 0.2) is 0 Å². The minimum atomic E-state index is 0.377. The average molecular weight is 312 g/mol. The van der Waals surface area contributed by atoms with E-state index in [1.165, 1.54) is 24.9 Å². The molecule has 5 heteroatoms. The Bertz CT molecular complexity index is 605. The van der Waals surface area contributed by atoms with Crippen molar-refractivity contribution in [3.05, 3.63) is 48.3 Å². The van der Waals surface area contributed by atoms with E-state index in [0.717, 1.165) is 25.4 Å². The minimum absolute atomic E-state index is 0.377. The van der Waals surface area contributed by atoms with Gasteiger partial charge in [0.25, 0.3) is 0 Å². The molecule has 1 atom stereocenters. The lowest BCUT2D eigenvalue weighted by Gasteiger charge is -2.23. The Morgan fingerprint density at radius 1 is 1.26 bits per heavy atom. The molecular weight excluding hydrogens is 288 g/mol. The lowest BCUT2D eigenvalue weighted by molar-refractivity contribution is 0.260. The van der Waals surface area contributed by atoms with Crippen LogP contribution in [0.4, 0.5) is 0 Å². The molecule has 3 rings (SSSR count). The molecular formula is C18H24N4O. The van der Waals surface area contributed by atoms with Crippen LogP contribution in [0.1, 0.15) is 25.3 Å². The van der Waals surface area contributed by atoms with E-state index < -0.39 is 0 Å². The number of likely N-dealkylation sites (N-methyl/N-ethyl adjacent to an activating group) is 1. The third-order valence-corrected chi connectivity index (χ3v) is 4.26. The van der Waals surface area contributed by atoms with Crippen molar-refractivity contribution in [3.8, 4) is 11.8 Å². The van der Waals surface area contributed by atoms with Crippen molar-refractivity contribution >= 4 is 0 Å². The maximum absolute atomic E-state index is 5.67. The molecule has 122 valence electrons. The third kappa shape index (κ3) is 4.50. The maximum atomic E-state index is 5.67. The lowest BCUT2D eigenvalue weighted by atomic mass is 10.2. The van der Waals surface area contributed by atoms with E-state index in [9.17, 15) is 0 Å². The van der Waals surface area contributed by atoms with Crippen molar-refractivity contribution in [1.82, 2.24) is 20.2 Å². The summed E-state index contributed by atoms with van der Waals surface area (Å²) in [5.74, 6) is 0.770. The Morgan fingerprint density at radius 3 is 2.96 bits per heavy atom. The number of nitrogens with zero attached hydrogens (tertiary/aromatic N) is 3. The van der Waals surface area contributed by atoms with E-state index in [4.69, 9.17) is 4.74 Å². The first-order valence-electron chi connectivity index (χ1n) is 8.33. The summed E-state index contributed by atoms with van der Waals surface area (Å²) in [6.07, 6.45) is 5.97. The van der Waals surface area contributed by atoms with Gasteiger partial charge in [-0.2, -0.15) is 0 Å². The first-order chi connectivity index (χ1) is 11.3. The fraction of sp³-hybridized carbons (Fsp3) is 0.444. The fourth-order valence-corrected chi connectivity index (χ4v) is 3.09. The van der Waals surface area contributed by atoms with Gasteiger partial charge in [-0.25, -0.2) is 9.97 Å². The van der Waals surface area contributed by atoms with E-state index >= 15 is 0 Å². The summed E-state index contributed by atoms with van der Waals surface area (Å²) < 4.78 is 5.67. The second-order valence-electron chi connectivity index (χ2n) is 5.84. The second kappa shape index (κ2) is 8.04. The van der Waals surface area contributed by atoms with Gasteiger partial charge in [0.1, 0.15) is 5.75 Å². The van der Waals surface area contributed by atoms with Crippen LogP contribution in [0.5, 0.6) is 11.8 Å². The van der Waals surface area contributed by atoms with Gasteiger partial charge in [0.2, 0.25) is 0 Å². The molecule has 1 aliphatic rings. The molecule has 1 aromatic carbocycles. The van der Waals surface area contributed by atoms with Crippen LogP contribution in [0, 0.1) is 0 Å². The Labute approximate surface area is 137 Å². The fourth-order valence-electron chi connectivity index (χ4n) is 3.09. The molecule has 2 aromatic rings. The highest BCUT2D eigenvalue weighted by molar-refractivity contribution is 5.30. The van der Waals surface area contributed by atoms with Crippen molar-refractivity contribution in [3.63, 3.8) is 0 Å². The van der Waals surface area contributed by atoms with Gasteiger partial charge in [-0.1, -0.05) is 19.1 Å². The van der Waals surface area contributed by atoms with E-state index in [-0.39, 0.29) is 0 Å². The maximum Gasteiger partial charge on any atom is 0.321 e. The van der Waals surface area contributed by atoms with E-state index in [1.54, 1.807) is 18.5 Å². The van der Waals surface area contributed by atoms with Crippen LogP contribution < -0.4 is 10.1 Å². The van der Waals surface area contributed by atoms with Gasteiger partial charge < -0.3 is 10.1 Å². The van der Waals surface area contributed by atoms with E-state index in [1.807, 2.05) is 18.2 Å². The van der Waals surface area contributed by atoms with Crippen LogP contribution in [-0.2, 0) is 6.54 Å². The summed E-state index contributed by atoms with van der Waals surface area (Å²) in [5, 5.41) is 3.57. The number of aromatic nitrogens is 2. The second-order valence-corrected chi connectivity index (χ2v) is 5.84. The number of hydrogen-bond donors (Lipinski definition) is 1. The zero-order chi connectivity index (χ0) is 15.9. The van der Waals surface area contributed by atoms with E-state index in [2.05, 4.69) is 33.2 Å². The summed E-state index contributed by atoms with van der Waals surface area (Å²) in [7, 11) is 0. The molecule has 0 amide bonds. The molecule has 1 N–H and O–H groups in total. The number of hydrogen-bond acceptors (Lipinski definition) is 5. The Morgan fingerprint density at radius 2 is 2.13 bits per heavy atom. The molecule has 0 radical (unpaired) electrons. The highest BCUT2D eigenvalue weighted by atomic mass is 16.5. The van der Waals surface area contributed by atoms with Crippen LogP contribution >= 0.6 is 0 Å². The first-order valence-corrected chi connectivity index (χ1v) is 8.33. The zero-order valence-corrected chi connectivity index (χ0v) is 13.6. The summed E-state index contributed by atoms with van der Waals surface area (Å²) in [4.78, 5) is 10.7. The summed E-state index contributed by atoms with van der Waals surface area (Å²) >= 11 is 0. The van der Waals surface area contributed by atoms with Gasteiger partial charge in [-0.15, -0.1) is 0 Å². The Hall–Kier alpha value is -1.98. The Balaban J connectivity index is 1.51. The monoisotopic (exact) mass is 312 g/mol. The van der Waals surface area contributed by atoms with Crippen molar-refractivity contribution in [1.29, 1.82) is 0 Å². The highest BCUT2D eigenvalue weighted by Crippen LogP contribution is 2.19. The number of nitrogens with one attached hydrogen (secondary N) is 1. The molecule has 5 nitrogen and oxygen atoms in total. The number of ether oxygens (including phenoxy) is 1. The topological polar surface area (TPSA) is 50.3 Å². The van der Waals surface area contributed by atoms with Crippen LogP contribution in [0.3, 0.4) is 0 Å². The summed E-state index contributed by atoms with van der Waals surface area (Å²) in [6.45, 7) is 6.52. The van der Waals surface area contributed by atoms with Gasteiger partial charge in [-0.3, -0.25) is 4.90 Å². The SMILES string of the molecule is CCN1CCC[C@H]1CNCc1cccc(Oc2ncccn2)c1. The molecule has 1 saturated heterocycles. The van der Waals surface area contributed by atoms with Crippen molar-refractivity contribution in [2.45, 2.75) is 32.4 Å². The van der Waals surface area contributed by atoms with Crippen molar-refractivity contribution < 1.29 is 4.74 Å². The molecule has 23 heavy (non-hydrogen) atoms. The molecule has 1 aliphatic heterocycles. The number of likely N-dealkylation sites (tertiary alicyclic amines) is 1. The van der Waals surface area contributed by atoms with Crippen LogP contribution in [-0.4, -0.2) is 40.5 Å². The molecule has 1 aromatic heterocycles. The summed E-state index contributed by atoms with van der Waals surface area (Å²) in [6, 6.07) is 10.9. The number of benzene rings is 1. The molecule has 0 bridgehead atoms. The predicted octanol–water partition coefficient (Wildman–Crippen LogP) is 2.84.